The molecule has 27 heavy (non-hydrogen) atoms. The van der Waals surface area contributed by atoms with E-state index < -0.39 is 17.0 Å². The third-order valence-electron chi connectivity index (χ3n) is 4.88. The van der Waals surface area contributed by atoms with Crippen LogP contribution in [-0.4, -0.2) is 26.0 Å². The van der Waals surface area contributed by atoms with Crippen LogP contribution < -0.4 is 10.9 Å². The summed E-state index contributed by atoms with van der Waals surface area (Å²) in [6.45, 7) is 0. The summed E-state index contributed by atoms with van der Waals surface area (Å²) in [5.74, 6) is 0.344. The van der Waals surface area contributed by atoms with Crippen LogP contribution in [0.5, 0.6) is 0 Å². The zero-order valence-corrected chi connectivity index (χ0v) is 14.6. The molecule has 0 saturated heterocycles. The molecule has 1 aliphatic carbocycles. The molecule has 3 aromatic rings. The van der Waals surface area contributed by atoms with E-state index in [0.717, 1.165) is 24.8 Å². The zero-order chi connectivity index (χ0) is 18.7. The van der Waals surface area contributed by atoms with E-state index in [0.29, 0.717) is 24.6 Å². The first-order chi connectivity index (χ1) is 13.2. The van der Waals surface area contributed by atoms with Crippen molar-refractivity contribution in [2.45, 2.75) is 37.6 Å². The maximum atomic E-state index is 12.8. The Morgan fingerprint density at radius 1 is 1.19 bits per heavy atom. The molecule has 2 N–H and O–H groups in total. The summed E-state index contributed by atoms with van der Waals surface area (Å²) in [7, 11) is 0. The summed E-state index contributed by atoms with van der Waals surface area (Å²) >= 11 is 0. The molecule has 0 spiro atoms. The largest absolute Gasteiger partial charge is 0.337 e. The summed E-state index contributed by atoms with van der Waals surface area (Å²) in [4.78, 5) is 35.8. The topological polar surface area (TPSA) is 114 Å². The average molecular weight is 365 g/mol. The van der Waals surface area contributed by atoms with Crippen molar-refractivity contribution in [3.05, 3.63) is 64.7 Å². The Labute approximate surface area is 155 Å². The minimum Gasteiger partial charge on any atom is -0.337 e. The molecular weight excluding hydrogens is 346 g/mol. The average Bonchev–Trinajstić information content (AvgIpc) is 3.21. The van der Waals surface area contributed by atoms with Crippen LogP contribution in [0.4, 0.5) is 0 Å². The fraction of sp³-hybridized carbons (Fsp3) is 0.316. The molecule has 138 valence electrons. The Morgan fingerprint density at radius 2 is 2.04 bits per heavy atom. The van der Waals surface area contributed by atoms with Crippen molar-refractivity contribution in [2.24, 2.45) is 0 Å². The number of nitrogens with zero attached hydrogens (tertiary/aromatic N) is 3. The van der Waals surface area contributed by atoms with E-state index in [1.807, 2.05) is 6.07 Å². The summed E-state index contributed by atoms with van der Waals surface area (Å²) in [5, 5.41) is 7.06. The van der Waals surface area contributed by atoms with Gasteiger partial charge in [-0.05, 0) is 37.1 Å². The molecular formula is C19H19N5O3. The van der Waals surface area contributed by atoms with Gasteiger partial charge in [0.2, 0.25) is 5.82 Å². The molecule has 0 radical (unpaired) electrons. The number of aromatic nitrogens is 4. The Balaban J connectivity index is 1.67. The number of carbonyl (C=O) groups excluding carboxylic acids is 1. The summed E-state index contributed by atoms with van der Waals surface area (Å²) < 4.78 is 5.54. The summed E-state index contributed by atoms with van der Waals surface area (Å²) in [6.07, 6.45) is 9.11. The fourth-order valence-corrected chi connectivity index (χ4v) is 3.46. The number of pyridine rings is 2. The first kappa shape index (κ1) is 17.1. The number of hydrogen-bond acceptors (Lipinski definition) is 6. The first-order valence-corrected chi connectivity index (χ1v) is 8.93. The van der Waals surface area contributed by atoms with Crippen LogP contribution in [0.15, 0.2) is 52.2 Å². The third-order valence-corrected chi connectivity index (χ3v) is 4.88. The highest BCUT2D eigenvalue weighted by atomic mass is 16.5. The van der Waals surface area contributed by atoms with Gasteiger partial charge >= 0.3 is 0 Å². The van der Waals surface area contributed by atoms with E-state index in [2.05, 4.69) is 25.4 Å². The number of rotatable bonds is 4. The second-order valence-corrected chi connectivity index (χ2v) is 6.67. The molecule has 8 nitrogen and oxygen atoms in total. The lowest BCUT2D eigenvalue weighted by molar-refractivity contribution is 0.0823. The van der Waals surface area contributed by atoms with Gasteiger partial charge in [-0.2, -0.15) is 4.98 Å². The number of aromatic amines is 1. The number of amides is 1. The van der Waals surface area contributed by atoms with Gasteiger partial charge in [-0.3, -0.25) is 14.6 Å². The van der Waals surface area contributed by atoms with Gasteiger partial charge in [0.15, 0.2) is 0 Å². The molecule has 1 fully saturated rings. The van der Waals surface area contributed by atoms with Crippen LogP contribution in [0, 0.1) is 0 Å². The van der Waals surface area contributed by atoms with E-state index in [4.69, 9.17) is 4.52 Å². The van der Waals surface area contributed by atoms with E-state index in [-0.39, 0.29) is 5.56 Å². The lowest BCUT2D eigenvalue weighted by Gasteiger charge is -2.34. The molecule has 4 rings (SSSR count). The monoisotopic (exact) mass is 365 g/mol. The Kier molecular flexibility index (Phi) is 4.53. The standard InChI is InChI=1S/C19H19N5O3/c25-16-14(7-5-11-21-16)17(26)23-19(8-2-1-3-9-19)18-22-15(24-27-18)13-6-4-10-20-12-13/h4-7,10-12H,1-3,8-9H2,(H,21,25)(H,23,26). The Morgan fingerprint density at radius 3 is 2.78 bits per heavy atom. The highest BCUT2D eigenvalue weighted by molar-refractivity contribution is 5.94. The van der Waals surface area contributed by atoms with Gasteiger partial charge in [0, 0.05) is 24.2 Å². The zero-order valence-electron chi connectivity index (χ0n) is 14.6. The normalized spacial score (nSPS) is 16.0. The van der Waals surface area contributed by atoms with E-state index in [9.17, 15) is 9.59 Å². The van der Waals surface area contributed by atoms with E-state index in [1.165, 1.54) is 12.3 Å². The number of carbonyl (C=O) groups is 1. The van der Waals surface area contributed by atoms with Crippen molar-refractivity contribution in [1.82, 2.24) is 25.4 Å². The minimum absolute atomic E-state index is 0.0643. The number of nitrogens with one attached hydrogen (secondary N) is 2. The Hall–Kier alpha value is -3.29. The van der Waals surface area contributed by atoms with Crippen LogP contribution in [0.1, 0.15) is 48.4 Å². The molecule has 8 heteroatoms. The van der Waals surface area contributed by atoms with Crippen LogP contribution in [-0.2, 0) is 5.54 Å². The van der Waals surface area contributed by atoms with Crippen LogP contribution in [0.25, 0.3) is 11.4 Å². The maximum Gasteiger partial charge on any atom is 0.260 e. The second-order valence-electron chi connectivity index (χ2n) is 6.67. The highest BCUT2D eigenvalue weighted by Gasteiger charge is 2.41. The van der Waals surface area contributed by atoms with Gasteiger partial charge in [-0.25, -0.2) is 0 Å². The predicted molar refractivity (Wildman–Crippen MR) is 96.8 cm³/mol. The smallest absolute Gasteiger partial charge is 0.260 e. The second kappa shape index (κ2) is 7.14. The molecule has 0 aliphatic heterocycles. The summed E-state index contributed by atoms with van der Waals surface area (Å²) in [6, 6.07) is 6.76. The van der Waals surface area contributed by atoms with Crippen LogP contribution in [0.3, 0.4) is 0 Å². The quantitative estimate of drug-likeness (QED) is 0.734. The Bertz CT molecular complexity index is 990. The van der Waals surface area contributed by atoms with Crippen molar-refractivity contribution in [1.29, 1.82) is 0 Å². The predicted octanol–water partition coefficient (Wildman–Crippen LogP) is 2.41. The molecule has 3 aromatic heterocycles. The van der Waals surface area contributed by atoms with Crippen molar-refractivity contribution in [3.63, 3.8) is 0 Å². The molecule has 0 aromatic carbocycles. The SMILES string of the molecule is O=C(NC1(c2nc(-c3cccnc3)no2)CCCCC1)c1ccc[nH]c1=O. The van der Waals surface area contributed by atoms with E-state index in [1.54, 1.807) is 24.5 Å². The number of H-pyrrole nitrogens is 1. The molecule has 0 atom stereocenters. The molecule has 3 heterocycles. The molecule has 0 unspecified atom stereocenters. The molecule has 1 aliphatic rings. The van der Waals surface area contributed by atoms with Gasteiger partial charge in [0.25, 0.3) is 17.4 Å². The first-order valence-electron chi connectivity index (χ1n) is 8.93. The van der Waals surface area contributed by atoms with Crippen LogP contribution in [0.2, 0.25) is 0 Å². The van der Waals surface area contributed by atoms with Gasteiger partial charge in [0.05, 0.1) is 0 Å². The minimum atomic E-state index is -0.773. The van der Waals surface area contributed by atoms with Crippen molar-refractivity contribution < 1.29 is 9.32 Å². The lowest BCUT2D eigenvalue weighted by atomic mass is 9.81. The molecule has 0 bridgehead atoms. The van der Waals surface area contributed by atoms with Gasteiger partial charge in [-0.15, -0.1) is 0 Å². The van der Waals surface area contributed by atoms with Crippen molar-refractivity contribution in [3.8, 4) is 11.4 Å². The van der Waals surface area contributed by atoms with E-state index >= 15 is 0 Å². The van der Waals surface area contributed by atoms with Crippen molar-refractivity contribution >= 4 is 5.91 Å². The van der Waals surface area contributed by atoms with Gasteiger partial charge < -0.3 is 14.8 Å². The van der Waals surface area contributed by atoms with Gasteiger partial charge in [-0.1, -0.05) is 24.4 Å². The molecule has 1 amide bonds. The maximum absolute atomic E-state index is 12.8. The number of hydrogen-bond donors (Lipinski definition) is 2. The van der Waals surface area contributed by atoms with Gasteiger partial charge in [0.1, 0.15) is 11.1 Å². The highest BCUT2D eigenvalue weighted by Crippen LogP contribution is 2.37. The molecule has 1 saturated carbocycles. The third kappa shape index (κ3) is 3.38. The fourth-order valence-electron chi connectivity index (χ4n) is 3.46. The lowest BCUT2D eigenvalue weighted by Crippen LogP contribution is -2.48. The van der Waals surface area contributed by atoms with Crippen molar-refractivity contribution in [2.75, 3.05) is 0 Å². The van der Waals surface area contributed by atoms with Crippen LogP contribution >= 0.6 is 0 Å². The summed E-state index contributed by atoms with van der Waals surface area (Å²) in [5.41, 5.74) is -0.397.